The summed E-state index contributed by atoms with van der Waals surface area (Å²) < 4.78 is 28.2. The van der Waals surface area contributed by atoms with Crippen LogP contribution in [0.25, 0.3) is 0 Å². The monoisotopic (exact) mass is 231 g/mol. The molecule has 0 saturated carbocycles. The van der Waals surface area contributed by atoms with Gasteiger partial charge in [-0.05, 0) is 23.4 Å². The van der Waals surface area contributed by atoms with Crippen LogP contribution in [-0.4, -0.2) is 11.7 Å². The molecule has 80 valence electrons. The van der Waals surface area contributed by atoms with Gasteiger partial charge in [0.1, 0.15) is 11.2 Å². The lowest BCUT2D eigenvalue weighted by Crippen LogP contribution is -2.04. The number of halogens is 2. The van der Waals surface area contributed by atoms with E-state index < -0.39 is 6.61 Å². The highest BCUT2D eigenvalue weighted by Crippen LogP contribution is 2.33. The molecule has 0 amide bonds. The van der Waals surface area contributed by atoms with E-state index in [4.69, 9.17) is 10.4 Å². The lowest BCUT2D eigenvalue weighted by atomic mass is 10.2. The molecule has 0 unspecified atom stereocenters. The highest BCUT2D eigenvalue weighted by atomic mass is 32.2. The van der Waals surface area contributed by atoms with E-state index in [9.17, 15) is 8.78 Å². The van der Waals surface area contributed by atoms with Crippen LogP contribution < -0.4 is 4.74 Å². The number of hydrogen-bond acceptors (Lipinski definition) is 4. The Morgan fingerprint density at radius 3 is 2.80 bits per heavy atom. The topological polar surface area (TPSA) is 53.2 Å². The molecule has 0 aliphatic rings. The molecule has 6 heteroatoms. The van der Waals surface area contributed by atoms with E-state index in [0.717, 1.165) is 0 Å². The second-order valence-electron chi connectivity index (χ2n) is 2.47. The molecule has 1 rings (SSSR count). The third-order valence-electron chi connectivity index (χ3n) is 1.59. The van der Waals surface area contributed by atoms with Crippen molar-refractivity contribution in [3.8, 4) is 11.2 Å². The Bertz CT molecular complexity index is 379. The largest absolute Gasteiger partial charge is 0.434 e. The Labute approximate surface area is 89.3 Å². The van der Waals surface area contributed by atoms with Crippen LogP contribution in [0.3, 0.4) is 0 Å². The van der Waals surface area contributed by atoms with Crippen molar-refractivity contribution in [1.29, 1.82) is 5.26 Å². The third kappa shape index (κ3) is 3.08. The minimum atomic E-state index is -2.95. The first-order chi connectivity index (χ1) is 7.19. The fourth-order valence-corrected chi connectivity index (χ4v) is 1.61. The number of hydrogen-bond donors (Lipinski definition) is 1. The van der Waals surface area contributed by atoms with Gasteiger partial charge in [-0.25, -0.2) is 0 Å². The number of thiocyanates is 1. The Balaban J connectivity index is 3.08. The van der Waals surface area contributed by atoms with Gasteiger partial charge in [-0.15, -0.1) is 0 Å². The van der Waals surface area contributed by atoms with Crippen molar-refractivity contribution in [2.45, 2.75) is 18.1 Å². The van der Waals surface area contributed by atoms with E-state index >= 15 is 0 Å². The lowest BCUT2D eigenvalue weighted by molar-refractivity contribution is -0.0518. The van der Waals surface area contributed by atoms with E-state index in [1.807, 2.05) is 0 Å². The summed E-state index contributed by atoms with van der Waals surface area (Å²) in [6, 6.07) is 4.34. The Hall–Kier alpha value is -1.32. The van der Waals surface area contributed by atoms with Crippen LogP contribution in [0.5, 0.6) is 5.75 Å². The summed E-state index contributed by atoms with van der Waals surface area (Å²) in [5, 5.41) is 19.2. The summed E-state index contributed by atoms with van der Waals surface area (Å²) in [7, 11) is 0. The van der Waals surface area contributed by atoms with E-state index in [0.29, 0.717) is 17.3 Å². The first-order valence-electron chi connectivity index (χ1n) is 3.92. The van der Waals surface area contributed by atoms with Crippen LogP contribution in [0, 0.1) is 10.7 Å². The van der Waals surface area contributed by atoms with Crippen molar-refractivity contribution >= 4 is 11.8 Å². The zero-order valence-electron chi connectivity index (χ0n) is 7.48. The van der Waals surface area contributed by atoms with E-state index in [-0.39, 0.29) is 17.3 Å². The number of ether oxygens (including phenoxy) is 1. The van der Waals surface area contributed by atoms with Crippen LogP contribution in [0.4, 0.5) is 8.78 Å². The third-order valence-corrected chi connectivity index (χ3v) is 2.35. The van der Waals surface area contributed by atoms with Gasteiger partial charge >= 0.3 is 6.61 Å². The number of nitrogens with zero attached hydrogens (tertiary/aromatic N) is 1. The molecular weight excluding hydrogens is 224 g/mol. The van der Waals surface area contributed by atoms with Gasteiger partial charge in [0.25, 0.3) is 0 Å². The second kappa shape index (κ2) is 5.53. The number of aliphatic hydroxyl groups is 1. The normalized spacial score (nSPS) is 10.1. The standard InChI is InChI=1S/C9H7F2NO2S/c10-9(11)14-7-3-1-2-6(4-13)8(7)15-5-12/h1-3,9,13H,4H2. The fourth-order valence-electron chi connectivity index (χ4n) is 1.04. The average molecular weight is 231 g/mol. The van der Waals surface area contributed by atoms with Crippen LogP contribution >= 0.6 is 11.8 Å². The summed E-state index contributed by atoms with van der Waals surface area (Å²) in [5.74, 6) is -0.0944. The summed E-state index contributed by atoms with van der Waals surface area (Å²) in [6.07, 6.45) is 0. The minimum Gasteiger partial charge on any atom is -0.434 e. The van der Waals surface area contributed by atoms with Crippen molar-refractivity contribution < 1.29 is 18.6 Å². The minimum absolute atomic E-state index is 0.0944. The number of thioether (sulfide) groups is 1. The van der Waals surface area contributed by atoms with Crippen LogP contribution in [-0.2, 0) is 6.61 Å². The predicted octanol–water partition coefficient (Wildman–Crippen LogP) is 2.35. The lowest BCUT2D eigenvalue weighted by Gasteiger charge is -2.10. The summed E-state index contributed by atoms with van der Waals surface area (Å²) in [4.78, 5) is 0.225. The molecular formula is C9H7F2NO2S. The van der Waals surface area contributed by atoms with Crippen molar-refractivity contribution in [3.05, 3.63) is 23.8 Å². The van der Waals surface area contributed by atoms with Crippen molar-refractivity contribution in [1.82, 2.24) is 0 Å². The maximum atomic E-state index is 12.0. The number of benzene rings is 1. The van der Waals surface area contributed by atoms with Crippen LogP contribution in [0.2, 0.25) is 0 Å². The van der Waals surface area contributed by atoms with E-state index in [1.165, 1.54) is 18.2 Å². The van der Waals surface area contributed by atoms with E-state index in [1.54, 1.807) is 5.40 Å². The molecule has 0 spiro atoms. The second-order valence-corrected chi connectivity index (χ2v) is 3.27. The van der Waals surface area contributed by atoms with Gasteiger partial charge in [0, 0.05) is 0 Å². The smallest absolute Gasteiger partial charge is 0.387 e. The van der Waals surface area contributed by atoms with E-state index in [2.05, 4.69) is 4.74 Å². The summed E-state index contributed by atoms with van der Waals surface area (Å²) in [5.41, 5.74) is 0.389. The molecule has 1 aromatic rings. The predicted molar refractivity (Wildman–Crippen MR) is 50.5 cm³/mol. The SMILES string of the molecule is N#CSc1c(CO)cccc1OC(F)F. The van der Waals surface area contributed by atoms with Gasteiger partial charge in [-0.3, -0.25) is 0 Å². The van der Waals surface area contributed by atoms with Gasteiger partial charge in [0.05, 0.1) is 11.5 Å². The molecule has 0 aliphatic heterocycles. The summed E-state index contributed by atoms with van der Waals surface area (Å²) in [6.45, 7) is -3.28. The molecule has 1 aromatic carbocycles. The maximum absolute atomic E-state index is 12.0. The fraction of sp³-hybridized carbons (Fsp3) is 0.222. The molecule has 0 aliphatic carbocycles. The zero-order chi connectivity index (χ0) is 11.3. The number of rotatable bonds is 4. The van der Waals surface area contributed by atoms with Crippen molar-refractivity contribution in [3.63, 3.8) is 0 Å². The molecule has 0 aromatic heterocycles. The Morgan fingerprint density at radius 2 is 2.27 bits per heavy atom. The molecule has 0 saturated heterocycles. The van der Waals surface area contributed by atoms with Gasteiger partial charge in [0.15, 0.2) is 0 Å². The van der Waals surface area contributed by atoms with Gasteiger partial charge in [-0.2, -0.15) is 14.0 Å². The number of nitriles is 1. The van der Waals surface area contributed by atoms with Crippen LogP contribution in [0.15, 0.2) is 23.1 Å². The van der Waals surface area contributed by atoms with Crippen molar-refractivity contribution in [2.24, 2.45) is 0 Å². The molecule has 0 bridgehead atoms. The highest BCUT2D eigenvalue weighted by molar-refractivity contribution is 8.03. The molecule has 0 radical (unpaired) electrons. The number of aliphatic hydroxyl groups excluding tert-OH is 1. The average Bonchev–Trinajstić information content (AvgIpc) is 2.20. The van der Waals surface area contributed by atoms with Crippen LogP contribution in [0.1, 0.15) is 5.56 Å². The molecule has 0 fully saturated rings. The molecule has 0 atom stereocenters. The first kappa shape index (κ1) is 11.8. The van der Waals surface area contributed by atoms with Gasteiger partial charge in [0.2, 0.25) is 0 Å². The Kier molecular flexibility index (Phi) is 4.34. The van der Waals surface area contributed by atoms with Gasteiger partial charge in [-0.1, -0.05) is 12.1 Å². The molecule has 0 heterocycles. The molecule has 15 heavy (non-hydrogen) atoms. The Morgan fingerprint density at radius 1 is 1.53 bits per heavy atom. The quantitative estimate of drug-likeness (QED) is 0.638. The summed E-state index contributed by atoms with van der Waals surface area (Å²) >= 11 is 0.682. The van der Waals surface area contributed by atoms with Gasteiger partial charge < -0.3 is 9.84 Å². The van der Waals surface area contributed by atoms with Crippen molar-refractivity contribution in [2.75, 3.05) is 0 Å². The molecule has 3 nitrogen and oxygen atoms in total. The zero-order valence-corrected chi connectivity index (χ0v) is 8.30. The maximum Gasteiger partial charge on any atom is 0.387 e. The highest BCUT2D eigenvalue weighted by Gasteiger charge is 2.13. The number of alkyl halides is 2. The first-order valence-corrected chi connectivity index (χ1v) is 4.74. The molecule has 1 N–H and O–H groups in total.